The van der Waals surface area contributed by atoms with E-state index in [9.17, 15) is 4.79 Å². The highest BCUT2D eigenvalue weighted by molar-refractivity contribution is 5.96. The molecule has 0 saturated carbocycles. The van der Waals surface area contributed by atoms with Gasteiger partial charge in [-0.15, -0.1) is 0 Å². The van der Waals surface area contributed by atoms with Crippen molar-refractivity contribution in [3.8, 4) is 5.75 Å². The van der Waals surface area contributed by atoms with Crippen molar-refractivity contribution >= 4 is 5.78 Å². The third-order valence-corrected chi connectivity index (χ3v) is 4.34. The molecule has 2 atom stereocenters. The van der Waals surface area contributed by atoms with Crippen LogP contribution in [0, 0.1) is 0 Å². The molecule has 1 aromatic carbocycles. The summed E-state index contributed by atoms with van der Waals surface area (Å²) in [5.74, 6) is 0.917. The lowest BCUT2D eigenvalue weighted by Crippen LogP contribution is -2.63. The van der Waals surface area contributed by atoms with Gasteiger partial charge in [-0.25, -0.2) is 0 Å². The summed E-state index contributed by atoms with van der Waals surface area (Å²) in [6.07, 6.45) is 1.44. The zero-order valence-electron chi connectivity index (χ0n) is 10.8. The van der Waals surface area contributed by atoms with Crippen molar-refractivity contribution in [2.45, 2.75) is 24.4 Å². The number of likely N-dealkylation sites (N-methyl/N-ethyl adjacent to an activating group) is 1. The highest BCUT2D eigenvalue weighted by atomic mass is 16.5. The van der Waals surface area contributed by atoms with Crippen molar-refractivity contribution < 1.29 is 9.53 Å². The van der Waals surface area contributed by atoms with Gasteiger partial charge in [-0.2, -0.15) is 0 Å². The number of benzene rings is 1. The Labute approximate surface area is 107 Å². The standard InChI is InChI=1S/C14H18N2O2/c1-16-6-5-14(15)11-8-10(18-2)4-3-9(11)7-12(16)13(14)17/h3-4,8,12H,5-7,15H2,1-2H3. The molecule has 4 heteroatoms. The van der Waals surface area contributed by atoms with Crippen LogP contribution in [0.4, 0.5) is 0 Å². The Kier molecular flexibility index (Phi) is 2.47. The second kappa shape index (κ2) is 3.80. The summed E-state index contributed by atoms with van der Waals surface area (Å²) in [7, 11) is 3.63. The summed E-state index contributed by atoms with van der Waals surface area (Å²) in [6, 6.07) is 5.83. The molecule has 2 bridgehead atoms. The summed E-state index contributed by atoms with van der Waals surface area (Å²) in [4.78, 5) is 14.6. The first-order valence-corrected chi connectivity index (χ1v) is 6.27. The largest absolute Gasteiger partial charge is 0.497 e. The van der Waals surface area contributed by atoms with Gasteiger partial charge in [0.05, 0.1) is 13.2 Å². The Morgan fingerprint density at radius 3 is 3.00 bits per heavy atom. The minimum Gasteiger partial charge on any atom is -0.497 e. The van der Waals surface area contributed by atoms with E-state index in [1.807, 2.05) is 25.2 Å². The zero-order valence-corrected chi connectivity index (χ0v) is 10.8. The van der Waals surface area contributed by atoms with Gasteiger partial charge in [0.15, 0.2) is 5.78 Å². The smallest absolute Gasteiger partial charge is 0.174 e. The van der Waals surface area contributed by atoms with E-state index in [0.29, 0.717) is 6.42 Å². The van der Waals surface area contributed by atoms with Crippen molar-refractivity contribution in [2.24, 2.45) is 5.73 Å². The van der Waals surface area contributed by atoms with E-state index >= 15 is 0 Å². The van der Waals surface area contributed by atoms with Crippen molar-refractivity contribution in [1.29, 1.82) is 0 Å². The van der Waals surface area contributed by atoms with E-state index in [-0.39, 0.29) is 11.8 Å². The maximum atomic E-state index is 12.5. The van der Waals surface area contributed by atoms with Crippen LogP contribution in [-0.4, -0.2) is 37.4 Å². The number of carbonyl (C=O) groups is 1. The summed E-state index contributed by atoms with van der Waals surface area (Å²) in [5, 5.41) is 0. The van der Waals surface area contributed by atoms with E-state index in [4.69, 9.17) is 10.5 Å². The molecular formula is C14H18N2O2. The molecule has 4 nitrogen and oxygen atoms in total. The van der Waals surface area contributed by atoms with E-state index in [2.05, 4.69) is 4.90 Å². The minimum atomic E-state index is -0.820. The van der Waals surface area contributed by atoms with Gasteiger partial charge in [-0.05, 0) is 43.1 Å². The number of piperidine rings is 1. The number of nitrogens with two attached hydrogens (primary N) is 1. The Bertz CT molecular complexity index is 515. The van der Waals surface area contributed by atoms with Crippen LogP contribution in [0.5, 0.6) is 5.75 Å². The Hall–Kier alpha value is -1.39. The minimum absolute atomic E-state index is 0.0651. The molecule has 1 aliphatic carbocycles. The van der Waals surface area contributed by atoms with Gasteiger partial charge in [0.2, 0.25) is 0 Å². The molecule has 2 unspecified atom stereocenters. The van der Waals surface area contributed by atoms with E-state index in [1.165, 1.54) is 5.56 Å². The van der Waals surface area contributed by atoms with Crippen LogP contribution in [0.1, 0.15) is 17.5 Å². The van der Waals surface area contributed by atoms with Gasteiger partial charge in [0, 0.05) is 6.54 Å². The zero-order chi connectivity index (χ0) is 12.9. The number of ether oxygens (including phenoxy) is 1. The molecule has 3 rings (SSSR count). The molecule has 0 aromatic heterocycles. The van der Waals surface area contributed by atoms with Crippen LogP contribution in [0.3, 0.4) is 0 Å². The first-order chi connectivity index (χ1) is 8.56. The Morgan fingerprint density at radius 1 is 1.50 bits per heavy atom. The van der Waals surface area contributed by atoms with E-state index in [1.54, 1.807) is 7.11 Å². The van der Waals surface area contributed by atoms with Crippen molar-refractivity contribution in [3.63, 3.8) is 0 Å². The van der Waals surface area contributed by atoms with Crippen LogP contribution >= 0.6 is 0 Å². The molecule has 0 radical (unpaired) electrons. The number of Topliss-reactive ketones (excluding diaryl/α,β-unsaturated/α-hetero) is 1. The SMILES string of the molecule is COc1ccc2c(c1)C1(N)CCN(C)C(C2)C1=O. The van der Waals surface area contributed by atoms with Gasteiger partial charge in [0.25, 0.3) is 0 Å². The highest BCUT2D eigenvalue weighted by Crippen LogP contribution is 2.39. The average Bonchev–Trinajstić information content (AvgIpc) is 2.38. The Morgan fingerprint density at radius 2 is 2.28 bits per heavy atom. The number of hydrogen-bond acceptors (Lipinski definition) is 4. The third-order valence-electron chi connectivity index (χ3n) is 4.34. The fraction of sp³-hybridized carbons (Fsp3) is 0.500. The van der Waals surface area contributed by atoms with Crippen molar-refractivity contribution in [3.05, 3.63) is 29.3 Å². The number of methoxy groups -OCH3 is 1. The molecule has 0 spiro atoms. The lowest BCUT2D eigenvalue weighted by atomic mass is 9.69. The molecular weight excluding hydrogens is 228 g/mol. The molecule has 0 amide bonds. The second-order valence-corrected chi connectivity index (χ2v) is 5.31. The average molecular weight is 246 g/mol. The molecule has 2 N–H and O–H groups in total. The van der Waals surface area contributed by atoms with E-state index < -0.39 is 5.54 Å². The van der Waals surface area contributed by atoms with E-state index in [0.717, 1.165) is 24.3 Å². The monoisotopic (exact) mass is 246 g/mol. The predicted octanol–water partition coefficient (Wildman–Crippen LogP) is 0.678. The topological polar surface area (TPSA) is 55.6 Å². The lowest BCUT2D eigenvalue weighted by Gasteiger charge is -2.46. The maximum Gasteiger partial charge on any atom is 0.174 e. The number of nitrogens with zero attached hydrogens (tertiary/aromatic N) is 1. The Balaban J connectivity index is 2.16. The fourth-order valence-corrected chi connectivity index (χ4v) is 3.13. The van der Waals surface area contributed by atoms with Gasteiger partial charge in [0.1, 0.15) is 11.3 Å². The summed E-state index contributed by atoms with van der Waals surface area (Å²) in [5.41, 5.74) is 7.72. The van der Waals surface area contributed by atoms with Crippen molar-refractivity contribution in [2.75, 3.05) is 20.7 Å². The number of ketones is 1. The maximum absolute atomic E-state index is 12.5. The fourth-order valence-electron chi connectivity index (χ4n) is 3.13. The van der Waals surface area contributed by atoms with Crippen molar-refractivity contribution in [1.82, 2.24) is 4.90 Å². The summed E-state index contributed by atoms with van der Waals surface area (Å²) < 4.78 is 5.24. The number of fused-ring (bicyclic) bond motifs is 4. The number of rotatable bonds is 1. The lowest BCUT2D eigenvalue weighted by molar-refractivity contribution is -0.134. The number of hydrogen-bond donors (Lipinski definition) is 1. The highest BCUT2D eigenvalue weighted by Gasteiger charge is 2.49. The second-order valence-electron chi connectivity index (χ2n) is 5.31. The third kappa shape index (κ3) is 1.42. The molecule has 2 aliphatic rings. The van der Waals surface area contributed by atoms with Gasteiger partial charge in [-0.3, -0.25) is 9.69 Å². The van der Waals surface area contributed by atoms with Crippen LogP contribution in [0.25, 0.3) is 0 Å². The summed E-state index contributed by atoms with van der Waals surface area (Å²) >= 11 is 0. The number of carbonyl (C=O) groups excluding carboxylic acids is 1. The van der Waals surface area contributed by atoms with Crippen LogP contribution < -0.4 is 10.5 Å². The van der Waals surface area contributed by atoms with Crippen LogP contribution in [0.15, 0.2) is 18.2 Å². The number of likely N-dealkylation sites (tertiary alicyclic amines) is 1. The quantitative estimate of drug-likeness (QED) is 0.791. The molecule has 96 valence electrons. The normalized spacial score (nSPS) is 31.1. The molecule has 1 saturated heterocycles. The van der Waals surface area contributed by atoms with Gasteiger partial charge in [-0.1, -0.05) is 6.07 Å². The first-order valence-electron chi connectivity index (χ1n) is 6.27. The summed E-state index contributed by atoms with van der Waals surface area (Å²) in [6.45, 7) is 0.865. The van der Waals surface area contributed by atoms with Crippen LogP contribution in [0.2, 0.25) is 0 Å². The molecule has 1 aromatic rings. The van der Waals surface area contributed by atoms with Crippen LogP contribution in [-0.2, 0) is 16.8 Å². The molecule has 1 fully saturated rings. The molecule has 1 aliphatic heterocycles. The molecule has 18 heavy (non-hydrogen) atoms. The van der Waals surface area contributed by atoms with Gasteiger partial charge < -0.3 is 10.5 Å². The predicted molar refractivity (Wildman–Crippen MR) is 68.6 cm³/mol. The molecule has 1 heterocycles. The first kappa shape index (κ1) is 11.7. The van der Waals surface area contributed by atoms with Gasteiger partial charge >= 0.3 is 0 Å².